The summed E-state index contributed by atoms with van der Waals surface area (Å²) in [6, 6.07) is 8.00. The van der Waals surface area contributed by atoms with E-state index in [1.165, 1.54) is 23.1 Å². The summed E-state index contributed by atoms with van der Waals surface area (Å²) in [5, 5.41) is 6.82. The second-order valence-electron chi connectivity index (χ2n) is 7.25. The second kappa shape index (κ2) is 10.6. The van der Waals surface area contributed by atoms with E-state index in [0.29, 0.717) is 26.1 Å². The summed E-state index contributed by atoms with van der Waals surface area (Å²) in [6.45, 7) is 1.36. The molecule has 2 aromatic rings. The first-order valence-electron chi connectivity index (χ1n) is 10.0. The topological polar surface area (TPSA) is 81.8 Å². The van der Waals surface area contributed by atoms with E-state index in [0.717, 1.165) is 10.9 Å². The van der Waals surface area contributed by atoms with E-state index in [1.54, 1.807) is 16.2 Å². The van der Waals surface area contributed by atoms with E-state index in [-0.39, 0.29) is 25.2 Å². The fourth-order valence-electron chi connectivity index (χ4n) is 3.36. The quantitative estimate of drug-likeness (QED) is 0.683. The Morgan fingerprint density at radius 3 is 2.38 bits per heavy atom. The first-order valence-corrected chi connectivity index (χ1v) is 10.9. The number of carbonyl (C=O) groups is 3. The molecule has 2 heterocycles. The van der Waals surface area contributed by atoms with E-state index < -0.39 is 29.6 Å². The van der Waals surface area contributed by atoms with Crippen LogP contribution < -0.4 is 10.6 Å². The fraction of sp³-hybridized carbons (Fsp3) is 0.381. The largest absolute Gasteiger partial charge is 0.417 e. The lowest BCUT2D eigenvalue weighted by molar-refractivity contribution is -0.138. The number of nitrogens with zero attached hydrogens (tertiary/aromatic N) is 2. The Hall–Kier alpha value is -2.92. The van der Waals surface area contributed by atoms with Gasteiger partial charge in [0, 0.05) is 37.6 Å². The number of urea groups is 1. The normalized spacial score (nSPS) is 14.8. The highest BCUT2D eigenvalue weighted by Gasteiger charge is 2.36. The van der Waals surface area contributed by atoms with Gasteiger partial charge in [0.2, 0.25) is 5.91 Å². The van der Waals surface area contributed by atoms with Crippen molar-refractivity contribution < 1.29 is 27.6 Å². The highest BCUT2D eigenvalue weighted by atomic mass is 32.1. The number of imide groups is 1. The van der Waals surface area contributed by atoms with Gasteiger partial charge < -0.3 is 10.2 Å². The van der Waals surface area contributed by atoms with Crippen LogP contribution in [-0.4, -0.2) is 66.9 Å². The molecule has 0 radical (unpaired) electrons. The van der Waals surface area contributed by atoms with E-state index in [9.17, 15) is 27.6 Å². The number of halogens is 3. The fourth-order valence-corrected chi connectivity index (χ4v) is 4.07. The van der Waals surface area contributed by atoms with Gasteiger partial charge in [-0.1, -0.05) is 18.2 Å². The zero-order chi connectivity index (χ0) is 23.1. The van der Waals surface area contributed by atoms with Crippen molar-refractivity contribution >= 4 is 29.2 Å². The minimum atomic E-state index is -4.61. The minimum absolute atomic E-state index is 0.0421. The Kier molecular flexibility index (Phi) is 7.86. The molecule has 1 saturated heterocycles. The van der Waals surface area contributed by atoms with Crippen molar-refractivity contribution in [3.8, 4) is 0 Å². The van der Waals surface area contributed by atoms with Crippen LogP contribution in [0.25, 0.3) is 0 Å². The summed E-state index contributed by atoms with van der Waals surface area (Å²) in [5.74, 6) is -1.17. The van der Waals surface area contributed by atoms with Crippen LogP contribution in [0.3, 0.4) is 0 Å². The Morgan fingerprint density at radius 1 is 1.00 bits per heavy atom. The van der Waals surface area contributed by atoms with E-state index in [2.05, 4.69) is 10.6 Å². The Bertz CT molecular complexity index is 942. The molecular formula is C21H23F3N4O3S. The van der Waals surface area contributed by atoms with Gasteiger partial charge in [-0.05, 0) is 30.0 Å². The molecule has 11 heteroatoms. The third-order valence-corrected chi connectivity index (χ3v) is 5.92. The number of hydrogen-bond acceptors (Lipinski definition) is 5. The molecule has 2 N–H and O–H groups in total. The predicted molar refractivity (Wildman–Crippen MR) is 113 cm³/mol. The number of amides is 4. The van der Waals surface area contributed by atoms with Crippen LogP contribution in [0.2, 0.25) is 0 Å². The number of thiophene rings is 1. The van der Waals surface area contributed by atoms with Crippen molar-refractivity contribution in [1.29, 1.82) is 0 Å². The zero-order valence-corrected chi connectivity index (χ0v) is 18.0. The number of alkyl halides is 3. The van der Waals surface area contributed by atoms with Crippen LogP contribution >= 0.6 is 11.3 Å². The molecule has 1 fully saturated rings. The molecule has 1 aliphatic heterocycles. The molecule has 172 valence electrons. The van der Waals surface area contributed by atoms with E-state index in [4.69, 9.17) is 0 Å². The SMILES string of the molecule is O=C(CN1CCN(C(=O)c2ccccc2C(F)(F)F)CC1)NC(=O)NCCc1cccs1. The number of piperazine rings is 1. The summed E-state index contributed by atoms with van der Waals surface area (Å²) in [6.07, 6.45) is -3.94. The first-order chi connectivity index (χ1) is 15.2. The lowest BCUT2D eigenvalue weighted by Gasteiger charge is -2.34. The van der Waals surface area contributed by atoms with Gasteiger partial charge in [0.1, 0.15) is 0 Å². The van der Waals surface area contributed by atoms with Crippen LogP contribution in [-0.2, 0) is 17.4 Å². The Balaban J connectivity index is 1.42. The summed E-state index contributed by atoms with van der Waals surface area (Å²) in [4.78, 5) is 40.7. The molecule has 3 rings (SSSR count). The average molecular weight is 469 g/mol. The van der Waals surface area contributed by atoms with Crippen LogP contribution in [0.4, 0.5) is 18.0 Å². The maximum absolute atomic E-state index is 13.2. The average Bonchev–Trinajstić information content (AvgIpc) is 3.26. The standard InChI is InChI=1S/C21H23F3N4O3S/c22-21(23,24)17-6-2-1-5-16(17)19(30)28-11-9-27(10-12-28)14-18(29)26-20(31)25-8-7-15-4-3-13-32-15/h1-6,13H,7-12,14H2,(H2,25,26,29,31). The van der Waals surface area contributed by atoms with Crippen LogP contribution in [0, 0.1) is 0 Å². The maximum Gasteiger partial charge on any atom is 0.417 e. The van der Waals surface area contributed by atoms with Gasteiger partial charge in [-0.25, -0.2) is 4.79 Å². The Morgan fingerprint density at radius 2 is 1.72 bits per heavy atom. The molecular weight excluding hydrogens is 445 g/mol. The molecule has 0 unspecified atom stereocenters. The predicted octanol–water partition coefficient (Wildman–Crippen LogP) is 2.59. The molecule has 1 aliphatic rings. The van der Waals surface area contributed by atoms with Crippen molar-refractivity contribution in [2.24, 2.45) is 0 Å². The van der Waals surface area contributed by atoms with Gasteiger partial charge >= 0.3 is 12.2 Å². The molecule has 0 saturated carbocycles. The van der Waals surface area contributed by atoms with Crippen molar-refractivity contribution in [2.75, 3.05) is 39.3 Å². The van der Waals surface area contributed by atoms with Crippen molar-refractivity contribution in [3.05, 3.63) is 57.8 Å². The maximum atomic E-state index is 13.2. The molecule has 0 atom stereocenters. The molecule has 0 spiro atoms. The summed E-state index contributed by atoms with van der Waals surface area (Å²) in [5.41, 5.74) is -1.35. The first kappa shape index (κ1) is 23.7. The molecule has 0 aliphatic carbocycles. The summed E-state index contributed by atoms with van der Waals surface area (Å²) < 4.78 is 39.5. The molecule has 7 nitrogen and oxygen atoms in total. The number of benzene rings is 1. The van der Waals surface area contributed by atoms with Crippen LogP contribution in [0.5, 0.6) is 0 Å². The Labute approximate surface area is 187 Å². The van der Waals surface area contributed by atoms with Gasteiger partial charge in [-0.3, -0.25) is 19.8 Å². The number of rotatable bonds is 6. The highest BCUT2D eigenvalue weighted by Crippen LogP contribution is 2.32. The smallest absolute Gasteiger partial charge is 0.337 e. The van der Waals surface area contributed by atoms with Gasteiger partial charge in [-0.15, -0.1) is 11.3 Å². The second-order valence-corrected chi connectivity index (χ2v) is 8.28. The van der Waals surface area contributed by atoms with Gasteiger partial charge in [0.25, 0.3) is 5.91 Å². The van der Waals surface area contributed by atoms with Gasteiger partial charge in [-0.2, -0.15) is 13.2 Å². The van der Waals surface area contributed by atoms with Gasteiger partial charge in [0.05, 0.1) is 17.7 Å². The monoisotopic (exact) mass is 468 g/mol. The van der Waals surface area contributed by atoms with Crippen molar-refractivity contribution in [2.45, 2.75) is 12.6 Å². The van der Waals surface area contributed by atoms with Crippen LogP contribution in [0.1, 0.15) is 20.8 Å². The third kappa shape index (κ3) is 6.54. The molecule has 0 bridgehead atoms. The zero-order valence-electron chi connectivity index (χ0n) is 17.2. The molecule has 32 heavy (non-hydrogen) atoms. The number of hydrogen-bond donors (Lipinski definition) is 2. The minimum Gasteiger partial charge on any atom is -0.337 e. The van der Waals surface area contributed by atoms with Gasteiger partial charge in [0.15, 0.2) is 0 Å². The molecule has 1 aromatic heterocycles. The number of nitrogens with one attached hydrogen (secondary N) is 2. The van der Waals surface area contributed by atoms with E-state index in [1.807, 2.05) is 17.5 Å². The molecule has 1 aromatic carbocycles. The summed E-state index contributed by atoms with van der Waals surface area (Å²) in [7, 11) is 0. The summed E-state index contributed by atoms with van der Waals surface area (Å²) >= 11 is 1.59. The van der Waals surface area contributed by atoms with Crippen molar-refractivity contribution in [1.82, 2.24) is 20.4 Å². The highest BCUT2D eigenvalue weighted by molar-refractivity contribution is 7.09. The molecule has 4 amide bonds. The lowest BCUT2D eigenvalue weighted by atomic mass is 10.1. The number of carbonyl (C=O) groups excluding carboxylic acids is 3. The third-order valence-electron chi connectivity index (χ3n) is 4.98. The van der Waals surface area contributed by atoms with Crippen molar-refractivity contribution in [3.63, 3.8) is 0 Å². The van der Waals surface area contributed by atoms with Crippen LogP contribution in [0.15, 0.2) is 41.8 Å². The lowest BCUT2D eigenvalue weighted by Crippen LogP contribution is -2.52. The van der Waals surface area contributed by atoms with E-state index >= 15 is 0 Å².